The smallest absolute Gasteiger partial charge is 0.313 e. The first-order valence-corrected chi connectivity index (χ1v) is 6.27. The fourth-order valence-corrected chi connectivity index (χ4v) is 2.11. The molecule has 0 atom stereocenters. The van der Waals surface area contributed by atoms with Gasteiger partial charge in [0.15, 0.2) is 0 Å². The maximum Gasteiger partial charge on any atom is 0.313 e. The van der Waals surface area contributed by atoms with Gasteiger partial charge in [-0.3, -0.25) is 4.79 Å². The minimum atomic E-state index is -0.391. The molecule has 0 radical (unpaired) electrons. The minimum Gasteiger partial charge on any atom is -0.469 e. The van der Waals surface area contributed by atoms with E-state index in [0.29, 0.717) is 19.8 Å². The molecule has 0 spiro atoms. The summed E-state index contributed by atoms with van der Waals surface area (Å²) in [5, 5.41) is 3.39. The zero-order chi connectivity index (χ0) is 12.9. The van der Waals surface area contributed by atoms with Crippen molar-refractivity contribution in [2.45, 2.75) is 33.6 Å². The average Bonchev–Trinajstić information content (AvgIpc) is 2.27. The fourth-order valence-electron chi connectivity index (χ4n) is 2.11. The van der Waals surface area contributed by atoms with E-state index >= 15 is 0 Å². The summed E-state index contributed by atoms with van der Waals surface area (Å²) in [5.41, 5.74) is -0.166. The lowest BCUT2D eigenvalue weighted by Gasteiger charge is -2.35. The van der Waals surface area contributed by atoms with Crippen molar-refractivity contribution in [3.63, 3.8) is 0 Å². The molecular weight excluding hydrogens is 218 g/mol. The van der Waals surface area contributed by atoms with E-state index in [2.05, 4.69) is 26.1 Å². The summed E-state index contributed by atoms with van der Waals surface area (Å²) in [5.74, 6) is -0.109. The van der Waals surface area contributed by atoms with E-state index < -0.39 is 5.41 Å². The van der Waals surface area contributed by atoms with Gasteiger partial charge in [0.05, 0.1) is 12.5 Å². The van der Waals surface area contributed by atoms with Crippen molar-refractivity contribution in [2.75, 3.05) is 33.4 Å². The maximum absolute atomic E-state index is 11.9. The predicted octanol–water partition coefficient (Wildman–Crippen LogP) is 1.59. The molecule has 1 saturated heterocycles. The van der Waals surface area contributed by atoms with Gasteiger partial charge in [-0.05, 0) is 18.3 Å². The third kappa shape index (κ3) is 4.28. The van der Waals surface area contributed by atoms with E-state index in [4.69, 9.17) is 9.47 Å². The highest BCUT2D eigenvalue weighted by molar-refractivity contribution is 5.77. The highest BCUT2D eigenvalue weighted by Gasteiger charge is 2.40. The van der Waals surface area contributed by atoms with Crippen LogP contribution in [-0.4, -0.2) is 39.4 Å². The van der Waals surface area contributed by atoms with Gasteiger partial charge >= 0.3 is 5.97 Å². The number of methoxy groups -OCH3 is 1. The maximum atomic E-state index is 11.9. The minimum absolute atomic E-state index is 0.109. The Morgan fingerprint density at radius 1 is 1.35 bits per heavy atom. The van der Waals surface area contributed by atoms with E-state index in [0.717, 1.165) is 19.4 Å². The van der Waals surface area contributed by atoms with Crippen LogP contribution in [-0.2, 0) is 14.3 Å². The lowest BCUT2D eigenvalue weighted by atomic mass is 9.80. The Morgan fingerprint density at radius 3 is 2.41 bits per heavy atom. The lowest BCUT2D eigenvalue weighted by molar-refractivity contribution is -0.158. The van der Waals surface area contributed by atoms with Crippen LogP contribution in [0.15, 0.2) is 0 Å². The molecule has 0 unspecified atom stereocenters. The molecule has 1 heterocycles. The number of rotatable bonds is 4. The molecule has 1 aliphatic rings. The van der Waals surface area contributed by atoms with E-state index in [-0.39, 0.29) is 11.4 Å². The second-order valence-corrected chi connectivity index (χ2v) is 6.05. The zero-order valence-electron chi connectivity index (χ0n) is 11.5. The molecule has 1 aliphatic heterocycles. The van der Waals surface area contributed by atoms with Crippen LogP contribution in [0.1, 0.15) is 33.6 Å². The molecule has 1 N–H and O–H groups in total. The van der Waals surface area contributed by atoms with E-state index in [1.165, 1.54) is 7.11 Å². The molecule has 0 aromatic rings. The summed E-state index contributed by atoms with van der Waals surface area (Å²) in [6.45, 7) is 9.39. The number of ether oxygens (including phenoxy) is 2. The standard InChI is InChI=1S/C13H25NO3/c1-12(2,3)9-14-10-13(11(15)16-4)5-7-17-8-6-13/h14H,5-10H2,1-4H3. The number of carbonyl (C=O) groups excluding carboxylic acids is 1. The van der Waals surface area contributed by atoms with Gasteiger partial charge in [0.1, 0.15) is 0 Å². The van der Waals surface area contributed by atoms with Crippen molar-refractivity contribution in [3.8, 4) is 0 Å². The largest absolute Gasteiger partial charge is 0.469 e. The predicted molar refractivity (Wildman–Crippen MR) is 66.8 cm³/mol. The molecule has 0 amide bonds. The Labute approximate surface area is 104 Å². The van der Waals surface area contributed by atoms with E-state index in [1.54, 1.807) is 0 Å². The van der Waals surface area contributed by atoms with Crippen LogP contribution in [0, 0.1) is 10.8 Å². The molecule has 0 aliphatic carbocycles. The van der Waals surface area contributed by atoms with Gasteiger partial charge in [-0.15, -0.1) is 0 Å². The van der Waals surface area contributed by atoms with Gasteiger partial charge in [-0.1, -0.05) is 20.8 Å². The highest BCUT2D eigenvalue weighted by Crippen LogP contribution is 2.31. The number of esters is 1. The topological polar surface area (TPSA) is 47.6 Å². The van der Waals surface area contributed by atoms with Gasteiger partial charge in [-0.2, -0.15) is 0 Å². The van der Waals surface area contributed by atoms with Crippen LogP contribution in [0.5, 0.6) is 0 Å². The summed E-state index contributed by atoms with van der Waals surface area (Å²) in [4.78, 5) is 11.9. The first-order chi connectivity index (χ1) is 7.90. The summed E-state index contributed by atoms with van der Waals surface area (Å²) in [6.07, 6.45) is 1.49. The Hall–Kier alpha value is -0.610. The van der Waals surface area contributed by atoms with Crippen LogP contribution in [0.3, 0.4) is 0 Å². The summed E-state index contributed by atoms with van der Waals surface area (Å²) in [6, 6.07) is 0. The van der Waals surface area contributed by atoms with Crippen molar-refractivity contribution in [1.82, 2.24) is 5.32 Å². The SMILES string of the molecule is COC(=O)C1(CNCC(C)(C)C)CCOCC1. The normalized spacial score (nSPS) is 20.0. The Bertz CT molecular complexity index is 252. The summed E-state index contributed by atoms with van der Waals surface area (Å²) in [7, 11) is 1.46. The first-order valence-electron chi connectivity index (χ1n) is 6.27. The van der Waals surface area contributed by atoms with Crippen LogP contribution in [0.25, 0.3) is 0 Å². The van der Waals surface area contributed by atoms with Gasteiger partial charge < -0.3 is 14.8 Å². The Balaban J connectivity index is 2.55. The van der Waals surface area contributed by atoms with Crippen LogP contribution >= 0.6 is 0 Å². The summed E-state index contributed by atoms with van der Waals surface area (Å²) >= 11 is 0. The molecule has 0 aromatic heterocycles. The second-order valence-electron chi connectivity index (χ2n) is 6.05. The molecule has 1 fully saturated rings. The Morgan fingerprint density at radius 2 is 1.94 bits per heavy atom. The fraction of sp³-hybridized carbons (Fsp3) is 0.923. The van der Waals surface area contributed by atoms with E-state index in [9.17, 15) is 4.79 Å². The van der Waals surface area contributed by atoms with Crippen molar-refractivity contribution in [3.05, 3.63) is 0 Å². The van der Waals surface area contributed by atoms with Crippen LogP contribution < -0.4 is 5.32 Å². The number of nitrogens with one attached hydrogen (secondary N) is 1. The highest BCUT2D eigenvalue weighted by atomic mass is 16.5. The third-order valence-electron chi connectivity index (χ3n) is 3.19. The van der Waals surface area contributed by atoms with Crippen molar-refractivity contribution in [2.24, 2.45) is 10.8 Å². The summed E-state index contributed by atoms with van der Waals surface area (Å²) < 4.78 is 10.3. The van der Waals surface area contributed by atoms with E-state index in [1.807, 2.05) is 0 Å². The van der Waals surface area contributed by atoms with Crippen LogP contribution in [0.4, 0.5) is 0 Å². The number of hydrogen-bond donors (Lipinski definition) is 1. The molecule has 0 saturated carbocycles. The average molecular weight is 243 g/mol. The molecule has 4 heteroatoms. The molecule has 4 nitrogen and oxygen atoms in total. The quantitative estimate of drug-likeness (QED) is 0.762. The molecule has 0 bridgehead atoms. The number of hydrogen-bond acceptors (Lipinski definition) is 4. The molecule has 100 valence electrons. The molecule has 0 aromatic carbocycles. The van der Waals surface area contributed by atoms with Gasteiger partial charge in [0, 0.05) is 26.3 Å². The number of carbonyl (C=O) groups is 1. The first kappa shape index (κ1) is 14.5. The van der Waals surface area contributed by atoms with Gasteiger partial charge in [0.25, 0.3) is 0 Å². The van der Waals surface area contributed by atoms with Crippen LogP contribution in [0.2, 0.25) is 0 Å². The monoisotopic (exact) mass is 243 g/mol. The Kier molecular flexibility index (Phi) is 4.95. The molecule has 17 heavy (non-hydrogen) atoms. The second kappa shape index (κ2) is 5.83. The van der Waals surface area contributed by atoms with Gasteiger partial charge in [0.2, 0.25) is 0 Å². The zero-order valence-corrected chi connectivity index (χ0v) is 11.5. The molecule has 1 rings (SSSR count). The van der Waals surface area contributed by atoms with Crippen molar-refractivity contribution in [1.29, 1.82) is 0 Å². The van der Waals surface area contributed by atoms with Gasteiger partial charge in [-0.25, -0.2) is 0 Å². The third-order valence-corrected chi connectivity index (χ3v) is 3.19. The van der Waals surface area contributed by atoms with Crippen molar-refractivity contribution >= 4 is 5.97 Å². The lowest BCUT2D eigenvalue weighted by Crippen LogP contribution is -2.47. The van der Waals surface area contributed by atoms with Crippen molar-refractivity contribution < 1.29 is 14.3 Å². The molecular formula is C13H25NO3.